The lowest BCUT2D eigenvalue weighted by molar-refractivity contribution is 0.121. The molecular weight excluding hydrogens is 114 g/mol. The zero-order chi connectivity index (χ0) is 6.32. The average Bonchev–Trinajstić information content (AvgIpc) is 2.60. The fraction of sp³-hybridized carbons (Fsp3) is 1.00. The van der Waals surface area contributed by atoms with Crippen LogP contribution in [0, 0.1) is 0 Å². The van der Waals surface area contributed by atoms with Gasteiger partial charge in [0, 0.05) is 12.1 Å². The van der Waals surface area contributed by atoms with Crippen molar-refractivity contribution in [3.63, 3.8) is 0 Å². The Bertz CT molecular complexity index is 110. The van der Waals surface area contributed by atoms with Crippen molar-refractivity contribution < 1.29 is 5.11 Å². The molecule has 0 radical (unpaired) electrons. The molecule has 2 N–H and O–H groups in total. The van der Waals surface area contributed by atoms with Gasteiger partial charge in [-0.25, -0.2) is 0 Å². The Kier molecular flexibility index (Phi) is 1.08. The highest BCUT2D eigenvalue weighted by molar-refractivity contribution is 5.04. The summed E-state index contributed by atoms with van der Waals surface area (Å²) in [5.41, 5.74) is 0.499. The topological polar surface area (TPSA) is 32.3 Å². The summed E-state index contributed by atoms with van der Waals surface area (Å²) in [6.07, 6.45) is 4.79. The number of piperidine rings is 1. The number of hydrogen-bond acceptors (Lipinski definition) is 2. The molecule has 2 rings (SSSR count). The number of β-amino-alcohol motifs (C(OH)–C–C–N with tert-alkyl or cyclic N) is 1. The van der Waals surface area contributed by atoms with E-state index < -0.39 is 0 Å². The Morgan fingerprint density at radius 2 is 2.11 bits per heavy atom. The number of rotatable bonds is 0. The quantitative estimate of drug-likeness (QED) is 0.489. The van der Waals surface area contributed by atoms with Crippen molar-refractivity contribution in [2.75, 3.05) is 6.54 Å². The van der Waals surface area contributed by atoms with E-state index in [0.717, 1.165) is 13.0 Å². The molecule has 2 fully saturated rings. The van der Waals surface area contributed by atoms with Gasteiger partial charge in [0.05, 0.1) is 6.10 Å². The summed E-state index contributed by atoms with van der Waals surface area (Å²) in [5, 5.41) is 12.5. The second-order valence-electron chi connectivity index (χ2n) is 3.35. The second-order valence-corrected chi connectivity index (χ2v) is 3.35. The molecule has 0 bridgehead atoms. The molecular formula is C7H13NO. The molecule has 0 aromatic heterocycles. The lowest BCUT2D eigenvalue weighted by Gasteiger charge is -2.26. The minimum Gasteiger partial charge on any atom is -0.392 e. The molecule has 0 amide bonds. The molecule has 9 heavy (non-hydrogen) atoms. The molecule has 2 nitrogen and oxygen atoms in total. The highest BCUT2D eigenvalue weighted by Crippen LogP contribution is 2.41. The molecule has 52 valence electrons. The highest BCUT2D eigenvalue weighted by Gasteiger charge is 2.44. The highest BCUT2D eigenvalue weighted by atomic mass is 16.3. The molecule has 1 spiro atoms. The van der Waals surface area contributed by atoms with Crippen molar-refractivity contribution >= 4 is 0 Å². The second kappa shape index (κ2) is 1.70. The molecule has 2 heteroatoms. The fourth-order valence-electron chi connectivity index (χ4n) is 1.55. The van der Waals surface area contributed by atoms with E-state index in [-0.39, 0.29) is 6.10 Å². The van der Waals surface area contributed by atoms with Gasteiger partial charge in [0.25, 0.3) is 0 Å². The van der Waals surface area contributed by atoms with Gasteiger partial charge in [0.15, 0.2) is 0 Å². The van der Waals surface area contributed by atoms with Gasteiger partial charge in [-0.05, 0) is 25.7 Å². The van der Waals surface area contributed by atoms with Crippen LogP contribution in [0.25, 0.3) is 0 Å². The van der Waals surface area contributed by atoms with E-state index in [9.17, 15) is 0 Å². The minimum absolute atomic E-state index is 0.0729. The van der Waals surface area contributed by atoms with Crippen LogP contribution < -0.4 is 5.32 Å². The van der Waals surface area contributed by atoms with E-state index in [1.807, 2.05) is 0 Å². The van der Waals surface area contributed by atoms with Gasteiger partial charge in [0.2, 0.25) is 0 Å². The van der Waals surface area contributed by atoms with Gasteiger partial charge in [-0.1, -0.05) is 0 Å². The molecule has 1 heterocycles. The smallest absolute Gasteiger partial charge is 0.0665 e. The molecule has 1 saturated heterocycles. The van der Waals surface area contributed by atoms with Crippen molar-refractivity contribution in [3.8, 4) is 0 Å². The van der Waals surface area contributed by atoms with Crippen LogP contribution in [-0.2, 0) is 0 Å². The third-order valence-electron chi connectivity index (χ3n) is 2.52. The Morgan fingerprint density at radius 1 is 1.33 bits per heavy atom. The van der Waals surface area contributed by atoms with Gasteiger partial charge in [-0.2, -0.15) is 0 Å². The van der Waals surface area contributed by atoms with Gasteiger partial charge in [-0.3, -0.25) is 0 Å². The minimum atomic E-state index is -0.0729. The largest absolute Gasteiger partial charge is 0.392 e. The van der Waals surface area contributed by atoms with E-state index in [0.29, 0.717) is 5.54 Å². The van der Waals surface area contributed by atoms with E-state index in [4.69, 9.17) is 5.11 Å². The molecule has 0 aromatic rings. The van der Waals surface area contributed by atoms with Crippen molar-refractivity contribution in [2.45, 2.75) is 37.3 Å². The molecule has 0 unspecified atom stereocenters. The molecule has 2 aliphatic rings. The van der Waals surface area contributed by atoms with Crippen molar-refractivity contribution in [2.24, 2.45) is 0 Å². The van der Waals surface area contributed by atoms with E-state index in [2.05, 4.69) is 5.32 Å². The first kappa shape index (κ1) is 5.69. The maximum Gasteiger partial charge on any atom is 0.0665 e. The summed E-state index contributed by atoms with van der Waals surface area (Å²) in [6, 6.07) is 0. The van der Waals surface area contributed by atoms with E-state index >= 15 is 0 Å². The standard InChI is InChI=1S/C7H13NO/c9-6-1-2-7(3-4-7)8-5-6/h6,8-9H,1-5H2/t6-/m1/s1. The number of nitrogens with one attached hydrogen (secondary N) is 1. The summed E-state index contributed by atoms with van der Waals surface area (Å²) >= 11 is 0. The number of aliphatic hydroxyl groups excluding tert-OH is 1. The van der Waals surface area contributed by atoms with Crippen molar-refractivity contribution in [1.29, 1.82) is 0 Å². The molecule has 1 atom stereocenters. The lowest BCUT2D eigenvalue weighted by Crippen LogP contribution is -2.43. The first-order valence-corrected chi connectivity index (χ1v) is 3.74. The van der Waals surface area contributed by atoms with Gasteiger partial charge in [-0.15, -0.1) is 0 Å². The number of aliphatic hydroxyl groups is 1. The number of hydrogen-bond donors (Lipinski definition) is 2. The predicted octanol–water partition coefficient (Wildman–Crippen LogP) is 0.263. The molecule has 1 aliphatic heterocycles. The summed E-state index contributed by atoms with van der Waals surface area (Å²) in [6.45, 7) is 0.819. The summed E-state index contributed by atoms with van der Waals surface area (Å²) in [5.74, 6) is 0. The molecule has 0 aromatic carbocycles. The third-order valence-corrected chi connectivity index (χ3v) is 2.52. The third kappa shape index (κ3) is 0.970. The Hall–Kier alpha value is -0.0800. The van der Waals surface area contributed by atoms with Crippen LogP contribution in [0.4, 0.5) is 0 Å². The van der Waals surface area contributed by atoms with Crippen molar-refractivity contribution in [3.05, 3.63) is 0 Å². The monoisotopic (exact) mass is 127 g/mol. The van der Waals surface area contributed by atoms with Crippen LogP contribution in [-0.4, -0.2) is 23.3 Å². The average molecular weight is 127 g/mol. The Morgan fingerprint density at radius 3 is 2.56 bits per heavy atom. The van der Waals surface area contributed by atoms with Gasteiger partial charge in [0.1, 0.15) is 0 Å². The Balaban J connectivity index is 1.91. The van der Waals surface area contributed by atoms with Crippen LogP contribution in [0.15, 0.2) is 0 Å². The van der Waals surface area contributed by atoms with Crippen LogP contribution in [0.2, 0.25) is 0 Å². The summed E-state index contributed by atoms with van der Waals surface area (Å²) in [7, 11) is 0. The first-order chi connectivity index (χ1) is 4.31. The SMILES string of the molecule is O[C@@H]1CCC2(CC2)NC1. The maximum absolute atomic E-state index is 9.11. The van der Waals surface area contributed by atoms with Crippen LogP contribution in [0.1, 0.15) is 25.7 Å². The molecule has 1 saturated carbocycles. The molecule has 1 aliphatic carbocycles. The zero-order valence-corrected chi connectivity index (χ0v) is 5.56. The maximum atomic E-state index is 9.11. The summed E-state index contributed by atoms with van der Waals surface area (Å²) < 4.78 is 0. The normalized spacial score (nSPS) is 39.0. The van der Waals surface area contributed by atoms with Crippen molar-refractivity contribution in [1.82, 2.24) is 5.32 Å². The predicted molar refractivity (Wildman–Crippen MR) is 35.2 cm³/mol. The first-order valence-electron chi connectivity index (χ1n) is 3.74. The van der Waals surface area contributed by atoms with Crippen LogP contribution in [0.5, 0.6) is 0 Å². The van der Waals surface area contributed by atoms with Gasteiger partial charge >= 0.3 is 0 Å². The van der Waals surface area contributed by atoms with E-state index in [1.54, 1.807) is 0 Å². The van der Waals surface area contributed by atoms with Crippen LogP contribution >= 0.6 is 0 Å². The Labute approximate surface area is 55.3 Å². The van der Waals surface area contributed by atoms with E-state index in [1.165, 1.54) is 19.3 Å². The lowest BCUT2D eigenvalue weighted by atomic mass is 10.0. The summed E-state index contributed by atoms with van der Waals surface area (Å²) in [4.78, 5) is 0. The van der Waals surface area contributed by atoms with Gasteiger partial charge < -0.3 is 10.4 Å². The van der Waals surface area contributed by atoms with Crippen LogP contribution in [0.3, 0.4) is 0 Å². The fourth-order valence-corrected chi connectivity index (χ4v) is 1.55. The zero-order valence-electron chi connectivity index (χ0n) is 5.56.